The minimum atomic E-state index is -4.95. The largest absolute Gasteiger partial charge is 0.472 e. The Morgan fingerprint density at radius 3 is 0.756 bits per heavy atom. The Hall–Kier alpha value is -1.94. The molecule has 0 fully saturated rings. The van der Waals surface area contributed by atoms with Crippen LogP contribution in [0.5, 0.6) is 0 Å². The molecule has 0 aromatic rings. The van der Waals surface area contributed by atoms with Crippen molar-refractivity contribution >= 4 is 39.5 Å². The Balaban J connectivity index is 5.23. The summed E-state index contributed by atoms with van der Waals surface area (Å²) in [4.78, 5) is 72.5. The van der Waals surface area contributed by atoms with E-state index < -0.39 is 97.5 Å². The van der Waals surface area contributed by atoms with Crippen LogP contribution in [0.4, 0.5) is 0 Å². The van der Waals surface area contributed by atoms with Crippen molar-refractivity contribution in [2.75, 3.05) is 39.6 Å². The third-order valence-electron chi connectivity index (χ3n) is 16.5. The molecule has 0 aromatic carbocycles. The average molecular weight is 1330 g/mol. The van der Waals surface area contributed by atoms with E-state index >= 15 is 0 Å². The highest BCUT2D eigenvalue weighted by Crippen LogP contribution is 2.45. The second-order valence-corrected chi connectivity index (χ2v) is 29.5. The van der Waals surface area contributed by atoms with Crippen LogP contribution < -0.4 is 0 Å². The summed E-state index contributed by atoms with van der Waals surface area (Å²) >= 11 is 0. The molecule has 2 unspecified atom stereocenters. The smallest absolute Gasteiger partial charge is 0.462 e. The number of ether oxygens (including phenoxy) is 4. The number of hydrogen-bond donors (Lipinski definition) is 3. The molecule has 17 nitrogen and oxygen atoms in total. The third kappa shape index (κ3) is 64.8. The summed E-state index contributed by atoms with van der Waals surface area (Å²) < 4.78 is 68.3. The summed E-state index contributed by atoms with van der Waals surface area (Å²) in [6.07, 6.45) is 48.7. The number of aliphatic hydroxyl groups excluding tert-OH is 1. The van der Waals surface area contributed by atoms with Crippen molar-refractivity contribution in [1.82, 2.24) is 0 Å². The van der Waals surface area contributed by atoms with Gasteiger partial charge in [-0.1, -0.05) is 311 Å². The van der Waals surface area contributed by atoms with Gasteiger partial charge in [0.2, 0.25) is 0 Å². The van der Waals surface area contributed by atoms with Crippen LogP contribution >= 0.6 is 15.6 Å². The summed E-state index contributed by atoms with van der Waals surface area (Å²) in [6.45, 7) is 9.44. The van der Waals surface area contributed by atoms with Crippen LogP contribution in [0.15, 0.2) is 0 Å². The molecule has 0 spiro atoms. The first-order valence-corrected chi connectivity index (χ1v) is 40.0. The molecule has 19 heteroatoms. The van der Waals surface area contributed by atoms with E-state index in [1.54, 1.807) is 0 Å². The maximum Gasteiger partial charge on any atom is 0.472 e. The lowest BCUT2D eigenvalue weighted by atomic mass is 10.0. The quantitative estimate of drug-likeness (QED) is 0.0222. The van der Waals surface area contributed by atoms with E-state index in [-0.39, 0.29) is 25.7 Å². The van der Waals surface area contributed by atoms with Crippen LogP contribution in [-0.2, 0) is 65.4 Å². The zero-order valence-corrected chi connectivity index (χ0v) is 60.2. The zero-order valence-electron chi connectivity index (χ0n) is 58.4. The van der Waals surface area contributed by atoms with E-state index in [0.717, 1.165) is 96.3 Å². The van der Waals surface area contributed by atoms with E-state index in [2.05, 4.69) is 41.5 Å². The molecule has 90 heavy (non-hydrogen) atoms. The first-order valence-electron chi connectivity index (χ1n) is 37.0. The predicted octanol–water partition coefficient (Wildman–Crippen LogP) is 20.4. The van der Waals surface area contributed by atoms with Crippen LogP contribution in [0.25, 0.3) is 0 Å². The van der Waals surface area contributed by atoms with Gasteiger partial charge in [0.15, 0.2) is 12.2 Å². The number of aliphatic hydroxyl groups is 1. The molecule has 0 bridgehead atoms. The van der Waals surface area contributed by atoms with Gasteiger partial charge in [-0.25, -0.2) is 9.13 Å². The Bertz CT molecular complexity index is 1750. The highest BCUT2D eigenvalue weighted by Gasteiger charge is 2.30. The van der Waals surface area contributed by atoms with Gasteiger partial charge in [0.25, 0.3) is 0 Å². The highest BCUT2D eigenvalue weighted by atomic mass is 31.2. The highest BCUT2D eigenvalue weighted by molar-refractivity contribution is 7.47. The minimum Gasteiger partial charge on any atom is -0.462 e. The Labute approximate surface area is 549 Å². The summed E-state index contributed by atoms with van der Waals surface area (Å²) in [5.41, 5.74) is 0. The summed E-state index contributed by atoms with van der Waals surface area (Å²) in [5.74, 6) is -0.724. The Morgan fingerprint density at radius 1 is 0.300 bits per heavy atom. The van der Waals surface area contributed by atoms with Crippen LogP contribution in [0.1, 0.15) is 363 Å². The lowest BCUT2D eigenvalue weighted by Gasteiger charge is -2.21. The molecule has 0 heterocycles. The summed E-state index contributed by atoms with van der Waals surface area (Å²) in [5, 5.41) is 10.6. The summed E-state index contributed by atoms with van der Waals surface area (Å²) in [6, 6.07) is 0. The molecule has 0 rings (SSSR count). The van der Waals surface area contributed by atoms with Crippen LogP contribution in [-0.4, -0.2) is 96.7 Å². The van der Waals surface area contributed by atoms with Crippen molar-refractivity contribution in [2.24, 2.45) is 11.8 Å². The van der Waals surface area contributed by atoms with Crippen molar-refractivity contribution in [3.63, 3.8) is 0 Å². The molecule has 0 aromatic heterocycles. The van der Waals surface area contributed by atoms with Gasteiger partial charge in [-0.3, -0.25) is 37.3 Å². The number of phosphoric ester groups is 2. The fraction of sp³-hybridized carbons (Fsp3) is 0.944. The minimum absolute atomic E-state index is 0.103. The van der Waals surface area contributed by atoms with Crippen molar-refractivity contribution in [2.45, 2.75) is 381 Å². The maximum absolute atomic E-state index is 13.0. The molecule has 5 atom stereocenters. The molecule has 0 aliphatic heterocycles. The molecule has 0 saturated carbocycles. The number of unbranched alkanes of at least 4 members (excludes halogenated alkanes) is 40. The monoisotopic (exact) mass is 1320 g/mol. The van der Waals surface area contributed by atoms with Crippen molar-refractivity contribution in [3.8, 4) is 0 Å². The van der Waals surface area contributed by atoms with Crippen LogP contribution in [0.2, 0.25) is 0 Å². The maximum atomic E-state index is 13.0. The van der Waals surface area contributed by atoms with E-state index in [1.807, 2.05) is 0 Å². The molecular weight excluding hydrogens is 1190 g/mol. The number of carbonyl (C=O) groups is 4. The fourth-order valence-electron chi connectivity index (χ4n) is 10.8. The molecule has 534 valence electrons. The number of phosphoric acid groups is 2. The van der Waals surface area contributed by atoms with Crippen molar-refractivity contribution in [3.05, 3.63) is 0 Å². The van der Waals surface area contributed by atoms with Gasteiger partial charge in [-0.15, -0.1) is 0 Å². The summed E-state index contributed by atoms with van der Waals surface area (Å²) in [7, 11) is -9.90. The van der Waals surface area contributed by atoms with Gasteiger partial charge >= 0.3 is 39.5 Å². The number of esters is 4. The lowest BCUT2D eigenvalue weighted by Crippen LogP contribution is -2.30. The van der Waals surface area contributed by atoms with E-state index in [9.17, 15) is 43.2 Å². The number of rotatable bonds is 70. The third-order valence-corrected chi connectivity index (χ3v) is 18.4. The predicted molar refractivity (Wildman–Crippen MR) is 363 cm³/mol. The van der Waals surface area contributed by atoms with Crippen LogP contribution in [0.3, 0.4) is 0 Å². The van der Waals surface area contributed by atoms with Crippen LogP contribution in [0, 0.1) is 11.8 Å². The normalized spacial score (nSPS) is 14.1. The van der Waals surface area contributed by atoms with Gasteiger partial charge in [0, 0.05) is 25.7 Å². The van der Waals surface area contributed by atoms with Crippen molar-refractivity contribution in [1.29, 1.82) is 0 Å². The zero-order chi connectivity index (χ0) is 66.5. The van der Waals surface area contributed by atoms with E-state index in [0.29, 0.717) is 37.5 Å². The molecule has 3 N–H and O–H groups in total. The molecule has 0 aliphatic rings. The van der Waals surface area contributed by atoms with Gasteiger partial charge < -0.3 is 33.8 Å². The van der Waals surface area contributed by atoms with Gasteiger partial charge in [-0.2, -0.15) is 0 Å². The first kappa shape index (κ1) is 88.1. The molecule has 0 aliphatic carbocycles. The lowest BCUT2D eigenvalue weighted by molar-refractivity contribution is -0.161. The fourth-order valence-corrected chi connectivity index (χ4v) is 12.3. The molecule has 0 amide bonds. The Kier molecular flexibility index (Phi) is 61.8. The van der Waals surface area contributed by atoms with E-state index in [1.165, 1.54) is 173 Å². The molecule has 0 radical (unpaired) electrons. The number of hydrogen-bond acceptors (Lipinski definition) is 15. The first-order chi connectivity index (χ1) is 43.4. The van der Waals surface area contributed by atoms with Crippen molar-refractivity contribution < 1.29 is 80.2 Å². The Morgan fingerprint density at radius 2 is 0.511 bits per heavy atom. The molecular formula is C71H138O17P2. The van der Waals surface area contributed by atoms with Gasteiger partial charge in [0.1, 0.15) is 19.3 Å². The van der Waals surface area contributed by atoms with Gasteiger partial charge in [0.05, 0.1) is 26.4 Å². The molecule has 0 saturated heterocycles. The second-order valence-electron chi connectivity index (χ2n) is 26.6. The van der Waals surface area contributed by atoms with E-state index in [4.69, 9.17) is 37.0 Å². The average Bonchev–Trinajstić information content (AvgIpc) is 3.69. The number of carbonyl (C=O) groups excluding carboxylic acids is 4. The topological polar surface area (TPSA) is 237 Å². The second kappa shape index (κ2) is 63.1. The SMILES string of the molecule is CCCCCCCCCCCCCCCCCCC(=O)O[C@H](COC(=O)CCCCCCCCCCCCCCCC)COP(=O)(O)OC[C@@H](O)COP(=O)(O)OC[C@@H](COC(=O)CCCCCCCCCC(C)C)OC(=O)CCCCCCCCCC(C)C. The standard InChI is InChI=1S/C71H138O17P2/c1-7-9-11-13-15-17-19-21-23-24-26-28-30-36-43-49-55-70(75)87-66(59-81-68(73)53-47-41-35-29-27-25-22-20-18-16-14-12-10-8-2)61-85-89(77,78)83-57-65(72)58-84-90(79,80)86-62-67(88-71(76)56-50-44-38-32-34-40-46-52-64(5)6)60-82-69(74)54-48-42-37-31-33-39-45-51-63(3)4/h63-67,72H,7-62H2,1-6H3,(H,77,78)(H,79,80)/t65-,66-,67-/m1/s1. The van der Waals surface area contributed by atoms with Gasteiger partial charge in [-0.05, 0) is 37.5 Å².